The molecular weight excluding hydrogens is 448 g/mol. The second-order valence-corrected chi connectivity index (χ2v) is 10.3. The summed E-state index contributed by atoms with van der Waals surface area (Å²) in [5.74, 6) is 0.998. The van der Waals surface area contributed by atoms with Gasteiger partial charge in [0.05, 0.1) is 18.8 Å². The van der Waals surface area contributed by atoms with Crippen molar-refractivity contribution in [2.75, 3.05) is 39.8 Å². The lowest BCUT2D eigenvalue weighted by Gasteiger charge is -2.34. The highest BCUT2D eigenvalue weighted by atomic mass is 32.1. The number of methoxy groups -OCH3 is 1. The minimum Gasteiger partial charge on any atom is -0.497 e. The number of ether oxygens (including phenoxy) is 1. The number of aryl methyl sites for hydroxylation is 3. The molecule has 0 unspecified atom stereocenters. The fourth-order valence-electron chi connectivity index (χ4n) is 5.01. The minimum atomic E-state index is 0.0144. The lowest BCUT2D eigenvalue weighted by molar-refractivity contribution is -0.133. The van der Waals surface area contributed by atoms with Crippen molar-refractivity contribution in [3.8, 4) is 5.75 Å². The summed E-state index contributed by atoms with van der Waals surface area (Å²) in [6.45, 7) is 4.63. The van der Waals surface area contributed by atoms with E-state index in [1.165, 1.54) is 22.4 Å². The highest BCUT2D eigenvalue weighted by Crippen LogP contribution is 2.33. The van der Waals surface area contributed by atoms with Gasteiger partial charge in [0.15, 0.2) is 0 Å². The zero-order valence-electron chi connectivity index (χ0n) is 19.8. The smallest absolute Gasteiger partial charge is 0.262 e. The monoisotopic (exact) mass is 480 g/mol. The fraction of sp³-hybridized carbons (Fsp3) is 0.500. The standard InChI is InChI=1S/C26H32N4O3S/c1-33-20-8-6-19(7-9-20)10-12-28-14-16-29(17-15-28)23(31)11-13-30-18-27-25-24(26(30)32)21-4-2-3-5-22(21)34-25/h6-9,18H,2-5,10-17H2,1H3. The van der Waals surface area contributed by atoms with Crippen LogP contribution in [0.1, 0.15) is 35.3 Å². The Labute approximate surface area is 204 Å². The minimum absolute atomic E-state index is 0.0144. The van der Waals surface area contributed by atoms with E-state index in [9.17, 15) is 9.59 Å². The molecule has 0 saturated carbocycles. The third-order valence-electron chi connectivity index (χ3n) is 7.11. The van der Waals surface area contributed by atoms with Crippen LogP contribution < -0.4 is 10.3 Å². The van der Waals surface area contributed by atoms with Gasteiger partial charge < -0.3 is 9.64 Å². The van der Waals surface area contributed by atoms with Gasteiger partial charge in [-0.25, -0.2) is 4.98 Å². The van der Waals surface area contributed by atoms with Gasteiger partial charge in [-0.05, 0) is 55.4 Å². The topological polar surface area (TPSA) is 67.7 Å². The van der Waals surface area contributed by atoms with Crippen LogP contribution in [0.25, 0.3) is 10.2 Å². The van der Waals surface area contributed by atoms with E-state index in [1.807, 2.05) is 17.0 Å². The predicted octanol–water partition coefficient (Wildman–Crippen LogP) is 3.12. The van der Waals surface area contributed by atoms with Crippen LogP contribution in [0.5, 0.6) is 5.75 Å². The molecule has 5 rings (SSSR count). The number of thiophene rings is 1. The molecule has 0 spiro atoms. The van der Waals surface area contributed by atoms with Gasteiger partial charge in [-0.2, -0.15) is 0 Å². The van der Waals surface area contributed by atoms with Crippen molar-refractivity contribution in [1.29, 1.82) is 0 Å². The number of piperazine rings is 1. The number of fused-ring (bicyclic) bond motifs is 3. The lowest BCUT2D eigenvalue weighted by Crippen LogP contribution is -2.49. The van der Waals surface area contributed by atoms with Crippen molar-refractivity contribution in [3.05, 3.63) is 57.0 Å². The van der Waals surface area contributed by atoms with Gasteiger partial charge in [0.25, 0.3) is 5.56 Å². The van der Waals surface area contributed by atoms with E-state index in [1.54, 1.807) is 29.3 Å². The number of hydrogen-bond donors (Lipinski definition) is 0. The van der Waals surface area contributed by atoms with Crippen LogP contribution in [0.3, 0.4) is 0 Å². The van der Waals surface area contributed by atoms with E-state index in [-0.39, 0.29) is 11.5 Å². The van der Waals surface area contributed by atoms with E-state index in [4.69, 9.17) is 4.74 Å². The van der Waals surface area contributed by atoms with E-state index in [0.29, 0.717) is 13.0 Å². The zero-order valence-corrected chi connectivity index (χ0v) is 20.6. The van der Waals surface area contributed by atoms with Crippen LogP contribution in [0.4, 0.5) is 0 Å². The molecule has 3 heterocycles. The first-order valence-electron chi connectivity index (χ1n) is 12.2. The summed E-state index contributed by atoms with van der Waals surface area (Å²) < 4.78 is 6.85. The number of benzene rings is 1. The van der Waals surface area contributed by atoms with Gasteiger partial charge in [-0.3, -0.25) is 19.1 Å². The molecule has 0 N–H and O–H groups in total. The first-order valence-corrected chi connectivity index (χ1v) is 13.1. The van der Waals surface area contributed by atoms with Crippen molar-refractivity contribution in [2.45, 2.75) is 45.1 Å². The maximum atomic E-state index is 13.1. The average Bonchev–Trinajstić information content (AvgIpc) is 3.27. The predicted molar refractivity (Wildman–Crippen MR) is 135 cm³/mol. The summed E-state index contributed by atoms with van der Waals surface area (Å²) in [5, 5.41) is 0.792. The van der Waals surface area contributed by atoms with Crippen molar-refractivity contribution >= 4 is 27.5 Å². The molecule has 1 fully saturated rings. The summed E-state index contributed by atoms with van der Waals surface area (Å²) in [7, 11) is 1.68. The largest absolute Gasteiger partial charge is 0.497 e. The number of nitrogens with zero attached hydrogens (tertiary/aromatic N) is 4. The second kappa shape index (κ2) is 10.3. The number of carbonyl (C=O) groups excluding carboxylic acids is 1. The maximum Gasteiger partial charge on any atom is 0.262 e. The summed E-state index contributed by atoms with van der Waals surface area (Å²) in [6.07, 6.45) is 7.30. The highest BCUT2D eigenvalue weighted by Gasteiger charge is 2.22. The normalized spacial score (nSPS) is 16.6. The Hall–Kier alpha value is -2.71. The third-order valence-corrected chi connectivity index (χ3v) is 8.31. The molecule has 1 saturated heterocycles. The molecule has 8 heteroatoms. The molecule has 1 aromatic carbocycles. The molecule has 0 atom stereocenters. The lowest BCUT2D eigenvalue weighted by atomic mass is 9.97. The Morgan fingerprint density at radius 1 is 1.06 bits per heavy atom. The van der Waals surface area contributed by atoms with E-state index in [0.717, 1.165) is 74.4 Å². The quantitative estimate of drug-likeness (QED) is 0.520. The zero-order chi connectivity index (χ0) is 23.5. The molecule has 0 radical (unpaired) electrons. The third kappa shape index (κ3) is 4.88. The first kappa shape index (κ1) is 23.1. The first-order chi connectivity index (χ1) is 16.6. The number of hydrogen-bond acceptors (Lipinski definition) is 6. The molecule has 0 bridgehead atoms. The molecule has 180 valence electrons. The maximum absolute atomic E-state index is 13.1. The molecule has 2 aliphatic rings. The highest BCUT2D eigenvalue weighted by molar-refractivity contribution is 7.18. The Bertz CT molecular complexity index is 1210. The molecule has 1 aliphatic heterocycles. The SMILES string of the molecule is COc1ccc(CCN2CCN(C(=O)CCn3cnc4sc5c(c4c3=O)CCCC5)CC2)cc1. The Balaban J connectivity index is 1.12. The summed E-state index contributed by atoms with van der Waals surface area (Å²) in [4.78, 5) is 37.0. The fourth-order valence-corrected chi connectivity index (χ4v) is 6.23. The second-order valence-electron chi connectivity index (χ2n) is 9.20. The molecule has 1 aliphatic carbocycles. The average molecular weight is 481 g/mol. The van der Waals surface area contributed by atoms with Crippen molar-refractivity contribution in [1.82, 2.24) is 19.4 Å². The summed E-state index contributed by atoms with van der Waals surface area (Å²) in [5.41, 5.74) is 2.51. The Kier molecular flexibility index (Phi) is 6.97. The van der Waals surface area contributed by atoms with Gasteiger partial charge in [-0.15, -0.1) is 11.3 Å². The number of rotatable bonds is 7. The van der Waals surface area contributed by atoms with Crippen LogP contribution in [0, 0.1) is 0 Å². The van der Waals surface area contributed by atoms with Gasteiger partial charge in [0.2, 0.25) is 5.91 Å². The van der Waals surface area contributed by atoms with Crippen LogP contribution in [-0.2, 0) is 30.6 Å². The summed E-state index contributed by atoms with van der Waals surface area (Å²) >= 11 is 1.66. The molecule has 2 aromatic heterocycles. The van der Waals surface area contributed by atoms with Crippen molar-refractivity contribution in [2.24, 2.45) is 0 Å². The molecule has 3 aromatic rings. The van der Waals surface area contributed by atoms with Crippen LogP contribution in [-0.4, -0.2) is 65.1 Å². The van der Waals surface area contributed by atoms with Gasteiger partial charge in [-0.1, -0.05) is 12.1 Å². The van der Waals surface area contributed by atoms with Crippen LogP contribution >= 0.6 is 11.3 Å². The summed E-state index contributed by atoms with van der Waals surface area (Å²) in [6, 6.07) is 8.21. The molecule has 34 heavy (non-hydrogen) atoms. The van der Waals surface area contributed by atoms with Crippen molar-refractivity contribution < 1.29 is 9.53 Å². The van der Waals surface area contributed by atoms with Crippen molar-refractivity contribution in [3.63, 3.8) is 0 Å². The number of carbonyl (C=O) groups is 1. The molecule has 1 amide bonds. The Morgan fingerprint density at radius 2 is 1.82 bits per heavy atom. The molecule has 7 nitrogen and oxygen atoms in total. The van der Waals surface area contributed by atoms with E-state index in [2.05, 4.69) is 22.0 Å². The Morgan fingerprint density at radius 3 is 2.59 bits per heavy atom. The van der Waals surface area contributed by atoms with E-state index >= 15 is 0 Å². The van der Waals surface area contributed by atoms with Gasteiger partial charge in [0.1, 0.15) is 10.6 Å². The number of aromatic nitrogens is 2. The van der Waals surface area contributed by atoms with Gasteiger partial charge >= 0.3 is 0 Å². The molecular formula is C26H32N4O3S. The van der Waals surface area contributed by atoms with E-state index < -0.39 is 0 Å². The number of amides is 1. The van der Waals surface area contributed by atoms with Crippen LogP contribution in [0.2, 0.25) is 0 Å². The van der Waals surface area contributed by atoms with Gasteiger partial charge in [0, 0.05) is 50.6 Å². The van der Waals surface area contributed by atoms with Crippen LogP contribution in [0.15, 0.2) is 35.4 Å².